The van der Waals surface area contributed by atoms with Crippen molar-refractivity contribution in [3.63, 3.8) is 0 Å². The van der Waals surface area contributed by atoms with E-state index in [4.69, 9.17) is 9.47 Å². The molecule has 0 radical (unpaired) electrons. The van der Waals surface area contributed by atoms with Gasteiger partial charge in [-0.05, 0) is 45.9 Å². The Bertz CT molecular complexity index is 1630. The highest BCUT2D eigenvalue weighted by Crippen LogP contribution is 2.45. The Labute approximate surface area is 263 Å². The molecule has 0 aliphatic heterocycles. The van der Waals surface area contributed by atoms with E-state index in [2.05, 4.69) is 12.1 Å². The van der Waals surface area contributed by atoms with Gasteiger partial charge in [-0.2, -0.15) is 0 Å². The molecule has 1 amide bonds. The van der Waals surface area contributed by atoms with Gasteiger partial charge in [-0.1, -0.05) is 140 Å². The fraction of sp³-hybridized carbons (Fsp3) is 0.179. The number of carbonyl (C=O) groups is 2. The summed E-state index contributed by atoms with van der Waals surface area (Å²) in [4.78, 5) is 27.5. The lowest BCUT2D eigenvalue weighted by atomic mass is 9.79. The van der Waals surface area contributed by atoms with Crippen molar-refractivity contribution in [2.24, 2.45) is 0 Å². The third-order valence-corrected chi connectivity index (χ3v) is 8.64. The van der Waals surface area contributed by atoms with Gasteiger partial charge in [0, 0.05) is 13.0 Å². The first-order chi connectivity index (χ1) is 21.9. The summed E-state index contributed by atoms with van der Waals surface area (Å²) in [6, 6.07) is 44.0. The highest BCUT2D eigenvalue weighted by atomic mass is 16.6. The Hall–Kier alpha value is -5.20. The second-order valence-electron chi connectivity index (χ2n) is 11.3. The lowest BCUT2D eigenvalue weighted by molar-refractivity contribution is -0.152. The van der Waals surface area contributed by atoms with Crippen molar-refractivity contribution in [3.05, 3.63) is 167 Å². The lowest BCUT2D eigenvalue weighted by Gasteiger charge is -2.40. The molecule has 1 aliphatic carbocycles. The van der Waals surface area contributed by atoms with Gasteiger partial charge in [-0.3, -0.25) is 4.90 Å². The largest absolute Gasteiger partial charge is 0.480 e. The van der Waals surface area contributed by atoms with Crippen LogP contribution in [0.3, 0.4) is 0 Å². The topological polar surface area (TPSA) is 76.1 Å². The first kappa shape index (κ1) is 29.9. The zero-order chi connectivity index (χ0) is 31.4. The van der Waals surface area contributed by atoms with Crippen molar-refractivity contribution < 1.29 is 24.2 Å². The highest BCUT2D eigenvalue weighted by molar-refractivity contribution is 5.81. The molecule has 5 aromatic rings. The summed E-state index contributed by atoms with van der Waals surface area (Å²) in [6.07, 6.45) is -1.68. The van der Waals surface area contributed by atoms with Crippen LogP contribution in [0.2, 0.25) is 0 Å². The predicted octanol–water partition coefficient (Wildman–Crippen LogP) is 7.72. The van der Waals surface area contributed by atoms with Gasteiger partial charge in [0.25, 0.3) is 0 Å². The highest BCUT2D eigenvalue weighted by Gasteiger charge is 2.44. The van der Waals surface area contributed by atoms with Gasteiger partial charge in [0.15, 0.2) is 6.04 Å². The summed E-state index contributed by atoms with van der Waals surface area (Å²) in [7, 11) is 1.45. The summed E-state index contributed by atoms with van der Waals surface area (Å²) < 4.78 is 12.8. The number of ether oxygens (including phenoxy) is 2. The van der Waals surface area contributed by atoms with Crippen LogP contribution in [0.4, 0.5) is 4.79 Å². The predicted molar refractivity (Wildman–Crippen MR) is 174 cm³/mol. The van der Waals surface area contributed by atoms with Gasteiger partial charge < -0.3 is 14.6 Å². The molecule has 0 saturated heterocycles. The molecule has 0 heterocycles. The van der Waals surface area contributed by atoms with E-state index < -0.39 is 29.8 Å². The summed E-state index contributed by atoms with van der Waals surface area (Å²) >= 11 is 0. The van der Waals surface area contributed by atoms with E-state index in [0.29, 0.717) is 0 Å². The Morgan fingerprint density at radius 1 is 0.689 bits per heavy atom. The number of nitrogens with zero attached hydrogens (tertiary/aromatic N) is 1. The Kier molecular flexibility index (Phi) is 8.49. The van der Waals surface area contributed by atoms with Crippen molar-refractivity contribution in [2.45, 2.75) is 30.6 Å². The Morgan fingerprint density at radius 2 is 1.09 bits per heavy atom. The fourth-order valence-electron chi connectivity index (χ4n) is 6.56. The third kappa shape index (κ3) is 5.61. The molecule has 1 N–H and O–H groups in total. The maximum Gasteiger partial charge on any atom is 0.410 e. The van der Waals surface area contributed by atoms with E-state index >= 15 is 0 Å². The SMILES string of the molecule is C[C@@H](OC(c1ccccc1)(c1ccccc1)c1ccccc1)[C@@H](C(=O)O)N(C)C(=O)OCC1c2ccccc2-c2ccccc21. The maximum atomic E-state index is 13.5. The van der Waals surface area contributed by atoms with Gasteiger partial charge in [-0.15, -0.1) is 0 Å². The Morgan fingerprint density at radius 3 is 1.51 bits per heavy atom. The smallest absolute Gasteiger partial charge is 0.410 e. The molecule has 0 aromatic heterocycles. The van der Waals surface area contributed by atoms with Crippen LogP contribution >= 0.6 is 0 Å². The molecule has 226 valence electrons. The normalized spacial score (nSPS) is 13.7. The van der Waals surface area contributed by atoms with Gasteiger partial charge in [0.05, 0.1) is 6.10 Å². The summed E-state index contributed by atoms with van der Waals surface area (Å²) in [5, 5.41) is 10.5. The molecular weight excluding hydrogens is 562 g/mol. The molecule has 6 rings (SSSR count). The monoisotopic (exact) mass is 597 g/mol. The van der Waals surface area contributed by atoms with E-state index in [0.717, 1.165) is 43.8 Å². The number of hydrogen-bond acceptors (Lipinski definition) is 4. The molecule has 0 bridgehead atoms. The van der Waals surface area contributed by atoms with Gasteiger partial charge in [-0.25, -0.2) is 9.59 Å². The number of fused-ring (bicyclic) bond motifs is 3. The number of aliphatic carboxylic acids is 1. The number of amides is 1. The minimum Gasteiger partial charge on any atom is -0.480 e. The van der Waals surface area contributed by atoms with Crippen LogP contribution in [-0.4, -0.2) is 47.9 Å². The van der Waals surface area contributed by atoms with Crippen LogP contribution in [0.1, 0.15) is 40.7 Å². The summed E-state index contributed by atoms with van der Waals surface area (Å²) in [5.41, 5.74) is 5.75. The first-order valence-electron chi connectivity index (χ1n) is 15.1. The second kappa shape index (κ2) is 12.8. The number of carboxylic acid groups (broad SMARTS) is 1. The number of benzene rings is 5. The van der Waals surface area contributed by atoms with E-state index in [1.54, 1.807) is 6.92 Å². The number of hydrogen-bond donors (Lipinski definition) is 1. The van der Waals surface area contributed by atoms with Crippen molar-refractivity contribution in [1.82, 2.24) is 4.90 Å². The zero-order valence-corrected chi connectivity index (χ0v) is 25.2. The molecule has 5 aromatic carbocycles. The second-order valence-corrected chi connectivity index (χ2v) is 11.3. The van der Waals surface area contributed by atoms with Crippen LogP contribution < -0.4 is 0 Å². The van der Waals surface area contributed by atoms with Crippen molar-refractivity contribution >= 4 is 12.1 Å². The molecular formula is C39H35NO5. The van der Waals surface area contributed by atoms with E-state index in [1.807, 2.05) is 127 Å². The van der Waals surface area contributed by atoms with Crippen molar-refractivity contribution in [1.29, 1.82) is 0 Å². The standard InChI is InChI=1S/C39H35NO5/c1-27(45-39(28-16-6-3-7-17-28,29-18-8-4-9-19-29)30-20-10-5-11-21-30)36(37(41)42)40(2)38(43)44-26-35-33-24-14-12-22-31(33)32-23-13-15-25-34(32)35/h3-25,27,35-36H,26H2,1-2H3,(H,41,42)/t27-,36+/m1/s1. The quantitative estimate of drug-likeness (QED) is 0.167. The molecule has 6 heteroatoms. The fourth-order valence-corrected chi connectivity index (χ4v) is 6.56. The summed E-state index contributed by atoms with van der Waals surface area (Å²) in [5.74, 6) is -1.34. The zero-order valence-electron chi connectivity index (χ0n) is 25.2. The van der Waals surface area contributed by atoms with Crippen LogP contribution in [0, 0.1) is 0 Å². The minimum atomic E-state index is -1.34. The summed E-state index contributed by atoms with van der Waals surface area (Å²) in [6.45, 7) is 1.77. The van der Waals surface area contributed by atoms with Crippen molar-refractivity contribution in [2.75, 3.05) is 13.7 Å². The molecule has 0 unspecified atom stereocenters. The van der Waals surface area contributed by atoms with Crippen LogP contribution in [0.5, 0.6) is 0 Å². The lowest BCUT2D eigenvalue weighted by Crippen LogP contribution is -2.52. The van der Waals surface area contributed by atoms with Gasteiger partial charge >= 0.3 is 12.1 Å². The van der Waals surface area contributed by atoms with E-state index in [1.165, 1.54) is 7.05 Å². The van der Waals surface area contributed by atoms with Crippen LogP contribution in [0.25, 0.3) is 11.1 Å². The van der Waals surface area contributed by atoms with Crippen LogP contribution in [0.15, 0.2) is 140 Å². The Balaban J connectivity index is 1.29. The average molecular weight is 598 g/mol. The third-order valence-electron chi connectivity index (χ3n) is 8.64. The maximum absolute atomic E-state index is 13.5. The molecule has 6 nitrogen and oxygen atoms in total. The molecule has 2 atom stereocenters. The van der Waals surface area contributed by atoms with Gasteiger partial charge in [0.1, 0.15) is 12.2 Å². The number of carboxylic acids is 1. The molecule has 0 spiro atoms. The molecule has 0 saturated carbocycles. The van der Waals surface area contributed by atoms with Gasteiger partial charge in [0.2, 0.25) is 0 Å². The van der Waals surface area contributed by atoms with Crippen molar-refractivity contribution in [3.8, 4) is 11.1 Å². The molecule has 45 heavy (non-hydrogen) atoms. The minimum absolute atomic E-state index is 0.0841. The van der Waals surface area contributed by atoms with Crippen LogP contribution in [-0.2, 0) is 19.9 Å². The average Bonchev–Trinajstić information content (AvgIpc) is 3.40. The number of likely N-dealkylation sites (N-methyl/N-ethyl adjacent to an activating group) is 1. The first-order valence-corrected chi connectivity index (χ1v) is 15.1. The molecule has 1 aliphatic rings. The number of rotatable bonds is 10. The molecule has 0 fully saturated rings. The van der Waals surface area contributed by atoms with E-state index in [-0.39, 0.29) is 12.5 Å². The van der Waals surface area contributed by atoms with E-state index in [9.17, 15) is 14.7 Å². The number of carbonyl (C=O) groups excluding carboxylic acids is 1.